The first kappa shape index (κ1) is 15.1. The van der Waals surface area contributed by atoms with E-state index in [0.717, 1.165) is 17.7 Å². The van der Waals surface area contributed by atoms with Crippen LogP contribution in [0.15, 0.2) is 47.1 Å². The van der Waals surface area contributed by atoms with Crippen LogP contribution in [-0.2, 0) is 17.8 Å². The number of carbonyl (C=O) groups is 2. The van der Waals surface area contributed by atoms with Gasteiger partial charge in [-0.2, -0.15) is 0 Å². The Morgan fingerprint density at radius 2 is 2.04 bits per heavy atom. The zero-order valence-electron chi connectivity index (χ0n) is 12.9. The second kappa shape index (κ2) is 6.56. The minimum atomic E-state index is -0.394. The van der Waals surface area contributed by atoms with Gasteiger partial charge in [0, 0.05) is 11.7 Å². The van der Waals surface area contributed by atoms with Crippen molar-refractivity contribution in [1.29, 1.82) is 0 Å². The molecule has 0 spiro atoms. The predicted octanol–water partition coefficient (Wildman–Crippen LogP) is 2.06. The molecule has 2 heterocycles. The molecule has 6 nitrogen and oxygen atoms in total. The van der Waals surface area contributed by atoms with Crippen LogP contribution in [0, 0.1) is 0 Å². The van der Waals surface area contributed by atoms with Gasteiger partial charge >= 0.3 is 6.03 Å². The molecule has 1 aromatic heterocycles. The number of benzene rings is 1. The monoisotopic (exact) mass is 313 g/mol. The van der Waals surface area contributed by atoms with E-state index in [1.165, 1.54) is 0 Å². The maximum atomic E-state index is 12.4. The first-order valence-corrected chi connectivity index (χ1v) is 7.59. The Hall–Kier alpha value is -2.76. The van der Waals surface area contributed by atoms with Crippen LogP contribution < -0.4 is 15.5 Å². The van der Waals surface area contributed by atoms with Crippen LogP contribution in [0.1, 0.15) is 18.2 Å². The standard InChI is InChI=1S/C17H19N3O3/c1-12-9-13-5-2-3-7-15(13)20(12)16(21)11-19-17(22)18-10-14-6-4-8-23-14/h2-8,12H,9-11H2,1H3,(H2,18,19,22). The molecule has 0 saturated carbocycles. The van der Waals surface area contributed by atoms with Crippen LogP contribution in [-0.4, -0.2) is 24.5 Å². The number of hydrogen-bond donors (Lipinski definition) is 2. The Labute approximate surface area is 134 Å². The molecule has 1 aliphatic heterocycles. The molecule has 23 heavy (non-hydrogen) atoms. The third kappa shape index (κ3) is 3.36. The number of nitrogens with zero attached hydrogens (tertiary/aromatic N) is 1. The Balaban J connectivity index is 1.52. The van der Waals surface area contributed by atoms with Crippen molar-refractivity contribution in [2.75, 3.05) is 11.4 Å². The summed E-state index contributed by atoms with van der Waals surface area (Å²) in [6, 6.07) is 11.1. The van der Waals surface area contributed by atoms with Crippen LogP contribution in [0.3, 0.4) is 0 Å². The topological polar surface area (TPSA) is 74.6 Å². The second-order valence-corrected chi connectivity index (χ2v) is 5.56. The van der Waals surface area contributed by atoms with Crippen molar-refractivity contribution in [3.05, 3.63) is 54.0 Å². The van der Waals surface area contributed by atoms with Crippen molar-refractivity contribution < 1.29 is 14.0 Å². The average molecular weight is 313 g/mol. The van der Waals surface area contributed by atoms with Crippen molar-refractivity contribution in [2.24, 2.45) is 0 Å². The molecule has 1 unspecified atom stereocenters. The number of nitrogens with one attached hydrogen (secondary N) is 2. The van der Waals surface area contributed by atoms with Crippen LogP contribution in [0.5, 0.6) is 0 Å². The van der Waals surface area contributed by atoms with Gasteiger partial charge in [-0.25, -0.2) is 4.79 Å². The molecular formula is C17H19N3O3. The number of anilines is 1. The van der Waals surface area contributed by atoms with E-state index in [0.29, 0.717) is 5.76 Å². The third-order valence-corrected chi connectivity index (χ3v) is 3.88. The van der Waals surface area contributed by atoms with Crippen LogP contribution in [0.25, 0.3) is 0 Å². The Morgan fingerprint density at radius 1 is 1.22 bits per heavy atom. The summed E-state index contributed by atoms with van der Waals surface area (Å²) in [5, 5.41) is 5.24. The van der Waals surface area contributed by atoms with Crippen molar-refractivity contribution >= 4 is 17.6 Å². The maximum Gasteiger partial charge on any atom is 0.315 e. The molecule has 0 fully saturated rings. The molecule has 120 valence electrons. The van der Waals surface area contributed by atoms with Gasteiger partial charge in [-0.1, -0.05) is 18.2 Å². The highest BCUT2D eigenvalue weighted by atomic mass is 16.3. The zero-order chi connectivity index (χ0) is 16.2. The second-order valence-electron chi connectivity index (χ2n) is 5.56. The molecule has 6 heteroatoms. The van der Waals surface area contributed by atoms with Gasteiger partial charge in [0.25, 0.3) is 0 Å². The van der Waals surface area contributed by atoms with Gasteiger partial charge in [0.05, 0.1) is 19.4 Å². The van der Waals surface area contributed by atoms with Crippen LogP contribution in [0.4, 0.5) is 10.5 Å². The number of para-hydroxylation sites is 1. The maximum absolute atomic E-state index is 12.4. The molecule has 1 atom stereocenters. The molecule has 0 aliphatic carbocycles. The fourth-order valence-corrected chi connectivity index (χ4v) is 2.83. The first-order valence-electron chi connectivity index (χ1n) is 7.59. The summed E-state index contributed by atoms with van der Waals surface area (Å²) in [4.78, 5) is 25.9. The molecule has 3 amide bonds. The molecule has 2 N–H and O–H groups in total. The van der Waals surface area contributed by atoms with E-state index in [9.17, 15) is 9.59 Å². The lowest BCUT2D eigenvalue weighted by molar-refractivity contribution is -0.117. The van der Waals surface area contributed by atoms with E-state index < -0.39 is 6.03 Å². The average Bonchev–Trinajstić information content (AvgIpc) is 3.17. The summed E-state index contributed by atoms with van der Waals surface area (Å²) in [6.45, 7) is 2.26. The van der Waals surface area contributed by atoms with Crippen molar-refractivity contribution in [2.45, 2.75) is 25.9 Å². The molecule has 1 aliphatic rings. The molecule has 2 aromatic rings. The molecule has 0 saturated heterocycles. The number of furan rings is 1. The highest BCUT2D eigenvalue weighted by molar-refractivity contribution is 5.98. The van der Waals surface area contributed by atoms with Crippen LogP contribution in [0.2, 0.25) is 0 Å². The lowest BCUT2D eigenvalue weighted by Crippen LogP contribution is -2.45. The minimum absolute atomic E-state index is 0.0390. The van der Waals surface area contributed by atoms with Crippen LogP contribution >= 0.6 is 0 Å². The van der Waals surface area contributed by atoms with E-state index in [1.54, 1.807) is 23.3 Å². The van der Waals surface area contributed by atoms with E-state index in [-0.39, 0.29) is 25.0 Å². The number of hydrogen-bond acceptors (Lipinski definition) is 3. The van der Waals surface area contributed by atoms with Gasteiger partial charge < -0.3 is 20.0 Å². The number of amides is 3. The molecule has 1 aromatic carbocycles. The number of urea groups is 1. The summed E-state index contributed by atoms with van der Waals surface area (Å²) in [6.07, 6.45) is 2.39. The smallest absolute Gasteiger partial charge is 0.315 e. The Bertz CT molecular complexity index is 697. The van der Waals surface area contributed by atoms with Gasteiger partial charge in [-0.3, -0.25) is 4.79 Å². The highest BCUT2D eigenvalue weighted by Gasteiger charge is 2.30. The van der Waals surface area contributed by atoms with Crippen molar-refractivity contribution in [1.82, 2.24) is 10.6 Å². The molecule has 3 rings (SSSR count). The fraction of sp³-hybridized carbons (Fsp3) is 0.294. The highest BCUT2D eigenvalue weighted by Crippen LogP contribution is 2.31. The first-order chi connectivity index (χ1) is 11.1. The van der Waals surface area contributed by atoms with Gasteiger partial charge in [0.1, 0.15) is 5.76 Å². The normalized spacial score (nSPS) is 16.0. The summed E-state index contributed by atoms with van der Waals surface area (Å²) < 4.78 is 5.13. The minimum Gasteiger partial charge on any atom is -0.467 e. The fourth-order valence-electron chi connectivity index (χ4n) is 2.83. The van der Waals surface area contributed by atoms with E-state index in [2.05, 4.69) is 10.6 Å². The van der Waals surface area contributed by atoms with E-state index in [4.69, 9.17) is 4.42 Å². The number of fused-ring (bicyclic) bond motifs is 1. The third-order valence-electron chi connectivity index (χ3n) is 3.88. The summed E-state index contributed by atoms with van der Waals surface area (Å²) in [5.41, 5.74) is 2.10. The summed E-state index contributed by atoms with van der Waals surface area (Å²) in [7, 11) is 0. The van der Waals surface area contributed by atoms with Gasteiger partial charge in [0.15, 0.2) is 0 Å². The molecule has 0 bridgehead atoms. The van der Waals surface area contributed by atoms with Gasteiger partial charge in [-0.15, -0.1) is 0 Å². The van der Waals surface area contributed by atoms with Gasteiger partial charge in [0.2, 0.25) is 5.91 Å². The predicted molar refractivity (Wildman–Crippen MR) is 86.0 cm³/mol. The van der Waals surface area contributed by atoms with Crippen molar-refractivity contribution in [3.8, 4) is 0 Å². The number of carbonyl (C=O) groups excluding carboxylic acids is 2. The van der Waals surface area contributed by atoms with Gasteiger partial charge in [-0.05, 0) is 37.1 Å². The lowest BCUT2D eigenvalue weighted by atomic mass is 10.1. The van der Waals surface area contributed by atoms with E-state index in [1.807, 2.05) is 31.2 Å². The molecular weight excluding hydrogens is 294 g/mol. The Kier molecular flexibility index (Phi) is 4.32. The summed E-state index contributed by atoms with van der Waals surface area (Å²) in [5.74, 6) is 0.546. The SMILES string of the molecule is CC1Cc2ccccc2N1C(=O)CNC(=O)NCc1ccco1. The van der Waals surface area contributed by atoms with E-state index >= 15 is 0 Å². The largest absolute Gasteiger partial charge is 0.467 e. The summed E-state index contributed by atoms with van der Waals surface area (Å²) >= 11 is 0. The lowest BCUT2D eigenvalue weighted by Gasteiger charge is -2.22. The Morgan fingerprint density at radius 3 is 2.83 bits per heavy atom. The van der Waals surface area contributed by atoms with Crippen molar-refractivity contribution in [3.63, 3.8) is 0 Å². The molecule has 0 radical (unpaired) electrons. The zero-order valence-corrected chi connectivity index (χ0v) is 12.9. The number of rotatable bonds is 4. The quantitative estimate of drug-likeness (QED) is 0.907.